The molecule has 0 atom stereocenters. The van der Waals surface area contributed by atoms with Crippen molar-refractivity contribution in [3.05, 3.63) is 53.4 Å². The highest BCUT2D eigenvalue weighted by Crippen LogP contribution is 2.29. The fourth-order valence-corrected chi connectivity index (χ4v) is 3.16. The van der Waals surface area contributed by atoms with Gasteiger partial charge in [-0.25, -0.2) is 4.98 Å². The van der Waals surface area contributed by atoms with E-state index in [-0.39, 0.29) is 10.6 Å². The zero-order valence-electron chi connectivity index (χ0n) is 12.5. The Balaban J connectivity index is 2.01. The second-order valence-electron chi connectivity index (χ2n) is 5.12. The summed E-state index contributed by atoms with van der Waals surface area (Å²) in [6, 6.07) is 9.74. The van der Waals surface area contributed by atoms with Gasteiger partial charge in [-0.15, -0.1) is 0 Å². The maximum absolute atomic E-state index is 12.3. The van der Waals surface area contributed by atoms with Crippen molar-refractivity contribution in [3.63, 3.8) is 0 Å². The number of aromatic nitrogens is 1. The molecule has 1 heterocycles. The van der Waals surface area contributed by atoms with Crippen molar-refractivity contribution in [1.82, 2.24) is 4.98 Å². The van der Waals surface area contributed by atoms with Gasteiger partial charge >= 0.3 is 10.1 Å². The third-order valence-corrected chi connectivity index (χ3v) is 4.63. The molecule has 0 fully saturated rings. The standard InChI is InChI=1S/C16H15NO4S/c1-10-4-6-13(7-5-10)22(18,19)21-14-8-9-15-16(11(14)2)17-12(3)20-15/h4-9H,1-3H3. The highest BCUT2D eigenvalue weighted by atomic mass is 32.2. The molecule has 5 nitrogen and oxygen atoms in total. The Labute approximate surface area is 128 Å². The molecular formula is C16H15NO4S. The highest BCUT2D eigenvalue weighted by Gasteiger charge is 2.19. The molecule has 22 heavy (non-hydrogen) atoms. The van der Waals surface area contributed by atoms with Crippen LogP contribution in [0.3, 0.4) is 0 Å². The van der Waals surface area contributed by atoms with Gasteiger partial charge in [0.1, 0.15) is 16.2 Å². The minimum Gasteiger partial charge on any atom is -0.441 e. The first-order chi connectivity index (χ1) is 10.4. The van der Waals surface area contributed by atoms with Crippen molar-refractivity contribution in [2.24, 2.45) is 0 Å². The number of oxazole rings is 1. The zero-order chi connectivity index (χ0) is 15.9. The van der Waals surface area contributed by atoms with Gasteiger partial charge in [0.2, 0.25) is 0 Å². The third kappa shape index (κ3) is 2.57. The van der Waals surface area contributed by atoms with Crippen LogP contribution in [-0.4, -0.2) is 13.4 Å². The Morgan fingerprint density at radius 2 is 1.68 bits per heavy atom. The number of aryl methyl sites for hydroxylation is 3. The molecule has 3 aromatic rings. The molecule has 0 saturated carbocycles. The van der Waals surface area contributed by atoms with Gasteiger partial charge in [-0.2, -0.15) is 8.42 Å². The lowest BCUT2D eigenvalue weighted by Crippen LogP contribution is -2.10. The van der Waals surface area contributed by atoms with Crippen LogP contribution < -0.4 is 4.18 Å². The molecule has 0 aliphatic carbocycles. The normalized spacial score (nSPS) is 11.8. The van der Waals surface area contributed by atoms with Gasteiger partial charge in [0.25, 0.3) is 0 Å². The molecule has 6 heteroatoms. The largest absolute Gasteiger partial charge is 0.441 e. The molecule has 0 aliphatic heterocycles. The number of rotatable bonds is 3. The molecular weight excluding hydrogens is 302 g/mol. The van der Waals surface area contributed by atoms with E-state index in [4.69, 9.17) is 8.60 Å². The molecule has 114 valence electrons. The number of hydrogen-bond donors (Lipinski definition) is 0. The van der Waals surface area contributed by atoms with Crippen LogP contribution in [0.25, 0.3) is 11.1 Å². The van der Waals surface area contributed by atoms with Crippen molar-refractivity contribution in [2.45, 2.75) is 25.7 Å². The van der Waals surface area contributed by atoms with Crippen LogP contribution in [0, 0.1) is 20.8 Å². The zero-order valence-corrected chi connectivity index (χ0v) is 13.3. The summed E-state index contributed by atoms with van der Waals surface area (Å²) in [5, 5.41) is 0. The maximum atomic E-state index is 12.3. The smallest absolute Gasteiger partial charge is 0.339 e. The van der Waals surface area contributed by atoms with E-state index < -0.39 is 10.1 Å². The van der Waals surface area contributed by atoms with Gasteiger partial charge in [0, 0.05) is 12.5 Å². The average Bonchev–Trinajstić information content (AvgIpc) is 2.84. The number of fused-ring (bicyclic) bond motifs is 1. The number of nitrogens with zero attached hydrogens (tertiary/aromatic N) is 1. The minimum absolute atomic E-state index is 0.119. The van der Waals surface area contributed by atoms with Crippen LogP contribution in [0.4, 0.5) is 0 Å². The molecule has 0 bridgehead atoms. The van der Waals surface area contributed by atoms with Crippen molar-refractivity contribution in [2.75, 3.05) is 0 Å². The SMILES string of the molecule is Cc1ccc(S(=O)(=O)Oc2ccc3oc(C)nc3c2C)cc1. The Hall–Kier alpha value is -2.34. The average molecular weight is 317 g/mol. The first-order valence-corrected chi connectivity index (χ1v) is 8.15. The molecule has 3 rings (SSSR count). The second-order valence-corrected chi connectivity index (χ2v) is 6.67. The van der Waals surface area contributed by atoms with E-state index >= 15 is 0 Å². The number of hydrogen-bond acceptors (Lipinski definition) is 5. The quantitative estimate of drug-likeness (QED) is 0.691. The fourth-order valence-electron chi connectivity index (χ4n) is 2.18. The summed E-state index contributed by atoms with van der Waals surface area (Å²) in [6.07, 6.45) is 0. The van der Waals surface area contributed by atoms with E-state index in [0.29, 0.717) is 22.6 Å². The van der Waals surface area contributed by atoms with Crippen LogP contribution >= 0.6 is 0 Å². The Morgan fingerprint density at radius 1 is 1.00 bits per heavy atom. The van der Waals surface area contributed by atoms with Gasteiger partial charge < -0.3 is 8.60 Å². The molecule has 0 radical (unpaired) electrons. The van der Waals surface area contributed by atoms with E-state index in [1.165, 1.54) is 12.1 Å². The lowest BCUT2D eigenvalue weighted by molar-refractivity contribution is 0.484. The molecule has 1 aromatic heterocycles. The van der Waals surface area contributed by atoms with E-state index in [2.05, 4.69) is 4.98 Å². The molecule has 0 N–H and O–H groups in total. The van der Waals surface area contributed by atoms with E-state index in [9.17, 15) is 8.42 Å². The van der Waals surface area contributed by atoms with E-state index in [1.54, 1.807) is 38.1 Å². The third-order valence-electron chi connectivity index (χ3n) is 3.38. The first kappa shape index (κ1) is 14.6. The summed E-state index contributed by atoms with van der Waals surface area (Å²) in [5.74, 6) is 0.776. The topological polar surface area (TPSA) is 69.4 Å². The molecule has 0 aliphatic rings. The predicted molar refractivity (Wildman–Crippen MR) is 82.5 cm³/mol. The first-order valence-electron chi connectivity index (χ1n) is 6.75. The molecule has 0 spiro atoms. The van der Waals surface area contributed by atoms with Gasteiger partial charge in [-0.3, -0.25) is 0 Å². The van der Waals surface area contributed by atoms with Crippen molar-refractivity contribution in [1.29, 1.82) is 0 Å². The molecule has 0 amide bonds. The van der Waals surface area contributed by atoms with E-state index in [1.807, 2.05) is 6.92 Å². The Kier molecular flexibility index (Phi) is 3.41. The molecule has 2 aromatic carbocycles. The van der Waals surface area contributed by atoms with Crippen molar-refractivity contribution in [3.8, 4) is 5.75 Å². The number of benzene rings is 2. The summed E-state index contributed by atoms with van der Waals surface area (Å²) in [6.45, 7) is 5.38. The van der Waals surface area contributed by atoms with Crippen LogP contribution in [0.15, 0.2) is 45.7 Å². The Bertz CT molecular complexity index is 940. The monoisotopic (exact) mass is 317 g/mol. The maximum Gasteiger partial charge on any atom is 0.339 e. The van der Waals surface area contributed by atoms with Crippen LogP contribution in [-0.2, 0) is 10.1 Å². The van der Waals surface area contributed by atoms with E-state index in [0.717, 1.165) is 5.56 Å². The van der Waals surface area contributed by atoms with Crippen LogP contribution in [0.1, 0.15) is 17.0 Å². The van der Waals surface area contributed by atoms with Crippen LogP contribution in [0.5, 0.6) is 5.75 Å². The van der Waals surface area contributed by atoms with Gasteiger partial charge in [-0.1, -0.05) is 17.7 Å². The van der Waals surface area contributed by atoms with Crippen molar-refractivity contribution < 1.29 is 17.0 Å². The summed E-state index contributed by atoms with van der Waals surface area (Å²) in [5.41, 5.74) is 2.82. The van der Waals surface area contributed by atoms with Gasteiger partial charge in [0.05, 0.1) is 0 Å². The fraction of sp³-hybridized carbons (Fsp3) is 0.188. The summed E-state index contributed by atoms with van der Waals surface area (Å²) < 4.78 is 35.4. The predicted octanol–water partition coefficient (Wildman–Crippen LogP) is 3.52. The Morgan fingerprint density at radius 3 is 2.36 bits per heavy atom. The minimum atomic E-state index is -3.87. The summed E-state index contributed by atoms with van der Waals surface area (Å²) >= 11 is 0. The highest BCUT2D eigenvalue weighted by molar-refractivity contribution is 7.87. The summed E-state index contributed by atoms with van der Waals surface area (Å²) in [7, 11) is -3.87. The molecule has 0 saturated heterocycles. The van der Waals surface area contributed by atoms with Gasteiger partial charge in [0.15, 0.2) is 11.5 Å². The van der Waals surface area contributed by atoms with Crippen LogP contribution in [0.2, 0.25) is 0 Å². The van der Waals surface area contributed by atoms with Gasteiger partial charge in [-0.05, 0) is 38.1 Å². The lowest BCUT2D eigenvalue weighted by atomic mass is 10.2. The summed E-state index contributed by atoms with van der Waals surface area (Å²) in [4.78, 5) is 4.37. The lowest BCUT2D eigenvalue weighted by Gasteiger charge is -2.09. The molecule has 0 unspecified atom stereocenters. The second kappa shape index (κ2) is 5.14. The van der Waals surface area contributed by atoms with Crippen molar-refractivity contribution >= 4 is 21.2 Å².